The lowest BCUT2D eigenvalue weighted by Gasteiger charge is -2.28. The number of hydrogen-bond acceptors (Lipinski definition) is 4. The Hall–Kier alpha value is -1.75. The predicted octanol–water partition coefficient (Wildman–Crippen LogP) is 3.08. The number of carboxylic acid groups (broad SMARTS) is 1. The lowest BCUT2D eigenvalue weighted by atomic mass is 9.78. The highest BCUT2D eigenvalue weighted by molar-refractivity contribution is 5.70. The van der Waals surface area contributed by atoms with E-state index >= 15 is 0 Å². The SMILES string of the molecule is COCCOc1ccc(OC)cc1C1CCC(C(=O)O)CC1. The fourth-order valence-corrected chi connectivity index (χ4v) is 2.99. The number of rotatable bonds is 7. The second kappa shape index (κ2) is 8.03. The molecule has 0 radical (unpaired) electrons. The molecule has 1 aromatic rings. The number of ether oxygens (including phenoxy) is 3. The number of carbonyl (C=O) groups is 1. The predicted molar refractivity (Wildman–Crippen MR) is 82.7 cm³/mol. The molecule has 0 unspecified atom stereocenters. The van der Waals surface area contributed by atoms with Crippen LogP contribution in [0.1, 0.15) is 37.2 Å². The Morgan fingerprint density at radius 3 is 2.50 bits per heavy atom. The second-order valence-corrected chi connectivity index (χ2v) is 5.63. The van der Waals surface area contributed by atoms with Crippen molar-refractivity contribution in [2.24, 2.45) is 5.92 Å². The van der Waals surface area contributed by atoms with Crippen LogP contribution in [0, 0.1) is 5.92 Å². The van der Waals surface area contributed by atoms with Crippen LogP contribution in [0.3, 0.4) is 0 Å². The van der Waals surface area contributed by atoms with E-state index in [4.69, 9.17) is 19.3 Å². The number of aliphatic carboxylic acids is 1. The van der Waals surface area contributed by atoms with Crippen molar-refractivity contribution in [1.82, 2.24) is 0 Å². The largest absolute Gasteiger partial charge is 0.497 e. The fraction of sp³-hybridized carbons (Fsp3) is 0.588. The van der Waals surface area contributed by atoms with Gasteiger partial charge in [0.25, 0.3) is 0 Å². The molecule has 0 aromatic heterocycles. The Morgan fingerprint density at radius 1 is 1.18 bits per heavy atom. The number of carboxylic acids is 1. The average Bonchev–Trinajstić information content (AvgIpc) is 2.55. The van der Waals surface area contributed by atoms with Crippen LogP contribution in [-0.2, 0) is 9.53 Å². The van der Waals surface area contributed by atoms with Gasteiger partial charge in [0.15, 0.2) is 0 Å². The summed E-state index contributed by atoms with van der Waals surface area (Å²) in [5.74, 6) is 1.08. The molecular formula is C17H24O5. The van der Waals surface area contributed by atoms with Gasteiger partial charge in [-0.3, -0.25) is 4.79 Å². The molecule has 0 atom stereocenters. The number of benzene rings is 1. The van der Waals surface area contributed by atoms with E-state index in [9.17, 15) is 4.79 Å². The van der Waals surface area contributed by atoms with Crippen molar-refractivity contribution in [1.29, 1.82) is 0 Å². The van der Waals surface area contributed by atoms with Gasteiger partial charge >= 0.3 is 5.97 Å². The summed E-state index contributed by atoms with van der Waals surface area (Å²) in [6, 6.07) is 5.82. The lowest BCUT2D eigenvalue weighted by molar-refractivity contribution is -0.142. The van der Waals surface area contributed by atoms with Gasteiger partial charge in [0, 0.05) is 12.7 Å². The summed E-state index contributed by atoms with van der Waals surface area (Å²) >= 11 is 0. The van der Waals surface area contributed by atoms with Gasteiger partial charge in [-0.15, -0.1) is 0 Å². The van der Waals surface area contributed by atoms with Crippen LogP contribution in [0.2, 0.25) is 0 Å². The molecule has 0 amide bonds. The van der Waals surface area contributed by atoms with Crippen LogP contribution >= 0.6 is 0 Å². The van der Waals surface area contributed by atoms with Crippen LogP contribution in [0.5, 0.6) is 11.5 Å². The van der Waals surface area contributed by atoms with Crippen molar-refractivity contribution >= 4 is 5.97 Å². The van der Waals surface area contributed by atoms with E-state index in [-0.39, 0.29) is 5.92 Å². The highest BCUT2D eigenvalue weighted by atomic mass is 16.5. The van der Waals surface area contributed by atoms with Crippen molar-refractivity contribution in [3.8, 4) is 11.5 Å². The topological polar surface area (TPSA) is 65.0 Å². The summed E-state index contributed by atoms with van der Waals surface area (Å²) in [4.78, 5) is 11.1. The monoisotopic (exact) mass is 308 g/mol. The molecule has 1 aromatic carbocycles. The molecule has 1 aliphatic rings. The Bertz CT molecular complexity index is 492. The molecule has 1 fully saturated rings. The molecule has 2 rings (SSSR count). The van der Waals surface area contributed by atoms with Gasteiger partial charge in [-0.25, -0.2) is 0 Å². The third-order valence-electron chi connectivity index (χ3n) is 4.28. The van der Waals surface area contributed by atoms with Crippen LogP contribution in [-0.4, -0.2) is 38.5 Å². The summed E-state index contributed by atoms with van der Waals surface area (Å²) in [5, 5.41) is 9.12. The molecule has 1 saturated carbocycles. The van der Waals surface area contributed by atoms with E-state index in [0.29, 0.717) is 32.0 Å². The van der Waals surface area contributed by atoms with Crippen molar-refractivity contribution in [2.75, 3.05) is 27.4 Å². The summed E-state index contributed by atoms with van der Waals surface area (Å²) in [7, 11) is 3.29. The summed E-state index contributed by atoms with van der Waals surface area (Å²) in [6.07, 6.45) is 3.17. The number of hydrogen-bond donors (Lipinski definition) is 1. The van der Waals surface area contributed by atoms with E-state index in [1.807, 2.05) is 18.2 Å². The minimum absolute atomic E-state index is 0.209. The number of methoxy groups -OCH3 is 2. The standard InChI is InChI=1S/C17H24O5/c1-20-9-10-22-16-8-7-14(21-2)11-15(16)12-3-5-13(6-4-12)17(18)19/h7-8,11-13H,3-6,9-10H2,1-2H3,(H,18,19). The minimum Gasteiger partial charge on any atom is -0.497 e. The maximum Gasteiger partial charge on any atom is 0.306 e. The molecule has 1 aliphatic carbocycles. The van der Waals surface area contributed by atoms with Gasteiger partial charge in [-0.05, 0) is 49.8 Å². The molecule has 22 heavy (non-hydrogen) atoms. The Balaban J connectivity index is 2.11. The summed E-state index contributed by atoms with van der Waals surface area (Å²) in [5.41, 5.74) is 1.11. The van der Waals surface area contributed by atoms with E-state index in [2.05, 4.69) is 0 Å². The van der Waals surface area contributed by atoms with E-state index in [1.165, 1.54) is 0 Å². The third kappa shape index (κ3) is 4.13. The zero-order valence-electron chi connectivity index (χ0n) is 13.2. The highest BCUT2D eigenvalue weighted by Crippen LogP contribution is 2.41. The van der Waals surface area contributed by atoms with Crippen molar-refractivity contribution in [3.05, 3.63) is 23.8 Å². The molecular weight excluding hydrogens is 284 g/mol. The zero-order valence-corrected chi connectivity index (χ0v) is 13.2. The van der Waals surface area contributed by atoms with Gasteiger partial charge in [0.05, 0.1) is 19.6 Å². The molecule has 5 nitrogen and oxygen atoms in total. The maximum atomic E-state index is 11.1. The van der Waals surface area contributed by atoms with Gasteiger partial charge in [-0.2, -0.15) is 0 Å². The molecule has 0 bridgehead atoms. The van der Waals surface area contributed by atoms with E-state index in [1.54, 1.807) is 14.2 Å². The molecule has 1 N–H and O–H groups in total. The van der Waals surface area contributed by atoms with Gasteiger partial charge in [0.1, 0.15) is 18.1 Å². The third-order valence-corrected chi connectivity index (χ3v) is 4.28. The Kier molecular flexibility index (Phi) is 6.07. The molecule has 122 valence electrons. The normalized spacial score (nSPS) is 21.4. The van der Waals surface area contributed by atoms with Crippen LogP contribution in [0.15, 0.2) is 18.2 Å². The van der Waals surface area contributed by atoms with Crippen molar-refractivity contribution in [3.63, 3.8) is 0 Å². The minimum atomic E-state index is -0.680. The first kappa shape index (κ1) is 16.6. The van der Waals surface area contributed by atoms with E-state index < -0.39 is 5.97 Å². The van der Waals surface area contributed by atoms with Crippen LogP contribution < -0.4 is 9.47 Å². The summed E-state index contributed by atoms with van der Waals surface area (Å²) in [6.45, 7) is 1.04. The highest BCUT2D eigenvalue weighted by Gasteiger charge is 2.28. The molecule has 0 saturated heterocycles. The van der Waals surface area contributed by atoms with Gasteiger partial charge in [-0.1, -0.05) is 0 Å². The molecule has 0 spiro atoms. The molecule has 0 heterocycles. The Labute approximate surface area is 131 Å². The molecule has 5 heteroatoms. The first-order valence-electron chi connectivity index (χ1n) is 7.68. The lowest BCUT2D eigenvalue weighted by Crippen LogP contribution is -2.21. The van der Waals surface area contributed by atoms with Crippen molar-refractivity contribution in [2.45, 2.75) is 31.6 Å². The van der Waals surface area contributed by atoms with E-state index in [0.717, 1.165) is 29.9 Å². The smallest absolute Gasteiger partial charge is 0.306 e. The average molecular weight is 308 g/mol. The van der Waals surface area contributed by atoms with Crippen molar-refractivity contribution < 1.29 is 24.1 Å². The first-order valence-corrected chi connectivity index (χ1v) is 7.68. The second-order valence-electron chi connectivity index (χ2n) is 5.63. The van der Waals surface area contributed by atoms with Crippen LogP contribution in [0.25, 0.3) is 0 Å². The summed E-state index contributed by atoms with van der Waals surface area (Å²) < 4.78 is 16.1. The zero-order chi connectivity index (χ0) is 15.9. The van der Waals surface area contributed by atoms with Gasteiger partial charge < -0.3 is 19.3 Å². The first-order chi connectivity index (χ1) is 10.7. The van der Waals surface area contributed by atoms with Gasteiger partial charge in [0.2, 0.25) is 0 Å². The Morgan fingerprint density at radius 2 is 1.91 bits per heavy atom. The fourth-order valence-electron chi connectivity index (χ4n) is 2.99. The van der Waals surface area contributed by atoms with Crippen LogP contribution in [0.4, 0.5) is 0 Å². The molecule has 0 aliphatic heterocycles. The quantitative estimate of drug-likeness (QED) is 0.784. The maximum absolute atomic E-state index is 11.1.